The molecule has 1 aliphatic heterocycles. The van der Waals surface area contributed by atoms with Gasteiger partial charge in [0.25, 0.3) is 0 Å². The molecule has 1 aromatic heterocycles. The minimum absolute atomic E-state index is 0.0805. The third-order valence-electron chi connectivity index (χ3n) is 4.64. The molecule has 1 fully saturated rings. The van der Waals surface area contributed by atoms with Crippen LogP contribution < -0.4 is 5.32 Å². The van der Waals surface area contributed by atoms with Crippen molar-refractivity contribution in [3.8, 4) is 5.69 Å². The van der Waals surface area contributed by atoms with Gasteiger partial charge in [-0.3, -0.25) is 0 Å². The summed E-state index contributed by atoms with van der Waals surface area (Å²) in [7, 11) is 0. The van der Waals surface area contributed by atoms with Crippen molar-refractivity contribution in [1.29, 1.82) is 0 Å². The Bertz CT molecular complexity index is 620. The number of benzene rings is 1. The minimum atomic E-state index is -0.0805. The van der Waals surface area contributed by atoms with Crippen molar-refractivity contribution in [2.45, 2.75) is 38.8 Å². The molecule has 3 rings (SSSR count). The minimum Gasteiger partial charge on any atom is -0.393 e. The quantitative estimate of drug-likeness (QED) is 0.754. The molecule has 0 atom stereocenters. The van der Waals surface area contributed by atoms with Gasteiger partial charge in [-0.05, 0) is 56.5 Å². The predicted octanol–water partition coefficient (Wildman–Crippen LogP) is 1.51. The summed E-state index contributed by atoms with van der Waals surface area (Å²) in [6, 6.07) is 6.44. The summed E-state index contributed by atoms with van der Waals surface area (Å²) in [5.74, 6) is 0. The lowest BCUT2D eigenvalue weighted by Crippen LogP contribution is -2.37. The van der Waals surface area contributed by atoms with Crippen LogP contribution in [0.3, 0.4) is 0 Å². The number of piperidine rings is 1. The first-order valence-electron chi connectivity index (χ1n) is 8.78. The van der Waals surface area contributed by atoms with E-state index in [4.69, 9.17) is 0 Å². The van der Waals surface area contributed by atoms with Crippen molar-refractivity contribution in [1.82, 2.24) is 25.0 Å². The van der Waals surface area contributed by atoms with Gasteiger partial charge in [-0.25, -0.2) is 9.67 Å². The molecule has 2 aromatic rings. The molecule has 0 unspecified atom stereocenters. The number of aromatic nitrogens is 3. The van der Waals surface area contributed by atoms with Crippen LogP contribution in [0, 0.1) is 6.92 Å². The van der Waals surface area contributed by atoms with E-state index in [2.05, 4.69) is 45.4 Å². The maximum atomic E-state index is 9.52. The molecule has 0 spiro atoms. The molecule has 0 aliphatic carbocycles. The molecule has 1 aromatic carbocycles. The van der Waals surface area contributed by atoms with Crippen molar-refractivity contribution < 1.29 is 5.11 Å². The van der Waals surface area contributed by atoms with Crippen LogP contribution in [-0.4, -0.2) is 57.1 Å². The van der Waals surface area contributed by atoms with Gasteiger partial charge in [0.15, 0.2) is 0 Å². The van der Waals surface area contributed by atoms with Gasteiger partial charge < -0.3 is 15.3 Å². The highest BCUT2D eigenvalue weighted by atomic mass is 16.3. The zero-order chi connectivity index (χ0) is 16.8. The highest BCUT2D eigenvalue weighted by molar-refractivity contribution is 5.41. The number of rotatable bonds is 7. The molecule has 0 radical (unpaired) electrons. The van der Waals surface area contributed by atoms with Crippen molar-refractivity contribution >= 4 is 0 Å². The lowest BCUT2D eigenvalue weighted by atomic mass is 10.1. The van der Waals surface area contributed by atoms with Gasteiger partial charge in [0, 0.05) is 19.6 Å². The Morgan fingerprint density at radius 2 is 2.12 bits per heavy atom. The maximum absolute atomic E-state index is 9.52. The summed E-state index contributed by atoms with van der Waals surface area (Å²) in [5, 5.41) is 17.2. The Balaban J connectivity index is 1.38. The molecule has 6 nitrogen and oxygen atoms in total. The lowest BCUT2D eigenvalue weighted by molar-refractivity contribution is 0.0821. The second-order valence-electron chi connectivity index (χ2n) is 6.56. The van der Waals surface area contributed by atoms with E-state index in [0.717, 1.165) is 57.7 Å². The van der Waals surface area contributed by atoms with Crippen molar-refractivity contribution in [3.63, 3.8) is 0 Å². The van der Waals surface area contributed by atoms with Gasteiger partial charge in [-0.1, -0.05) is 12.1 Å². The number of likely N-dealkylation sites (tertiary alicyclic amines) is 1. The average molecular weight is 329 g/mol. The van der Waals surface area contributed by atoms with Gasteiger partial charge in [0.2, 0.25) is 0 Å². The topological polar surface area (TPSA) is 66.2 Å². The smallest absolute Gasteiger partial charge is 0.138 e. The normalized spacial score (nSPS) is 16.6. The van der Waals surface area contributed by atoms with Crippen LogP contribution in [0.1, 0.15) is 30.4 Å². The van der Waals surface area contributed by atoms with Crippen LogP contribution in [0.4, 0.5) is 0 Å². The molecule has 0 saturated carbocycles. The van der Waals surface area contributed by atoms with Crippen molar-refractivity contribution in [2.24, 2.45) is 0 Å². The third-order valence-corrected chi connectivity index (χ3v) is 4.64. The number of hydrogen-bond acceptors (Lipinski definition) is 5. The van der Waals surface area contributed by atoms with Gasteiger partial charge in [-0.2, -0.15) is 5.10 Å². The summed E-state index contributed by atoms with van der Waals surface area (Å²) in [6.45, 7) is 7.18. The van der Waals surface area contributed by atoms with Gasteiger partial charge in [0.1, 0.15) is 12.7 Å². The monoisotopic (exact) mass is 329 g/mol. The number of aryl methyl sites for hydroxylation is 1. The van der Waals surface area contributed by atoms with E-state index in [1.165, 1.54) is 11.1 Å². The van der Waals surface area contributed by atoms with Gasteiger partial charge in [0.05, 0.1) is 11.8 Å². The second-order valence-corrected chi connectivity index (χ2v) is 6.56. The number of nitrogens with zero attached hydrogens (tertiary/aromatic N) is 4. The largest absolute Gasteiger partial charge is 0.393 e. The summed E-state index contributed by atoms with van der Waals surface area (Å²) in [4.78, 5) is 6.45. The van der Waals surface area contributed by atoms with Crippen molar-refractivity contribution in [2.75, 3.05) is 26.2 Å². The van der Waals surface area contributed by atoms with Crippen LogP contribution in [0.5, 0.6) is 0 Å². The van der Waals surface area contributed by atoms with Gasteiger partial charge >= 0.3 is 0 Å². The standard InChI is InChI=1S/C18H27N5O/c1-15-11-16(3-4-18(15)23-14-20-13-21-23)12-19-7-2-8-22-9-5-17(24)6-10-22/h3-4,11,13-14,17,19,24H,2,5-10,12H2,1H3. The van der Waals surface area contributed by atoms with Gasteiger partial charge in [-0.15, -0.1) is 0 Å². The van der Waals surface area contributed by atoms with E-state index in [1.54, 1.807) is 17.3 Å². The number of nitrogens with one attached hydrogen (secondary N) is 1. The van der Waals surface area contributed by atoms with Crippen LogP contribution in [0.2, 0.25) is 0 Å². The second kappa shape index (κ2) is 8.37. The molecule has 0 bridgehead atoms. The fraction of sp³-hybridized carbons (Fsp3) is 0.556. The molecule has 130 valence electrons. The first kappa shape index (κ1) is 17.1. The van der Waals surface area contributed by atoms with Crippen LogP contribution in [-0.2, 0) is 6.54 Å². The molecule has 1 saturated heterocycles. The van der Waals surface area contributed by atoms with Crippen LogP contribution >= 0.6 is 0 Å². The van der Waals surface area contributed by atoms with E-state index < -0.39 is 0 Å². The fourth-order valence-corrected chi connectivity index (χ4v) is 3.22. The van der Waals surface area contributed by atoms with E-state index in [0.29, 0.717) is 0 Å². The predicted molar refractivity (Wildman–Crippen MR) is 94.1 cm³/mol. The zero-order valence-corrected chi connectivity index (χ0v) is 14.4. The molecule has 6 heteroatoms. The number of aliphatic hydroxyl groups excluding tert-OH is 1. The molecular weight excluding hydrogens is 302 g/mol. The Labute approximate surface area is 143 Å². The van der Waals surface area contributed by atoms with E-state index >= 15 is 0 Å². The van der Waals surface area contributed by atoms with Crippen LogP contribution in [0.15, 0.2) is 30.9 Å². The third kappa shape index (κ3) is 4.63. The molecule has 2 heterocycles. The summed E-state index contributed by atoms with van der Waals surface area (Å²) in [6.07, 6.45) is 6.18. The fourth-order valence-electron chi connectivity index (χ4n) is 3.22. The van der Waals surface area contributed by atoms with E-state index in [1.807, 2.05) is 0 Å². The summed E-state index contributed by atoms with van der Waals surface area (Å²) in [5.41, 5.74) is 3.56. The first-order valence-corrected chi connectivity index (χ1v) is 8.78. The SMILES string of the molecule is Cc1cc(CNCCCN2CCC(O)CC2)ccc1-n1cncn1. The van der Waals surface area contributed by atoms with E-state index in [9.17, 15) is 5.11 Å². The average Bonchev–Trinajstić information content (AvgIpc) is 3.10. The Kier molecular flexibility index (Phi) is 5.96. The van der Waals surface area contributed by atoms with Crippen molar-refractivity contribution in [3.05, 3.63) is 42.0 Å². The zero-order valence-electron chi connectivity index (χ0n) is 14.4. The molecule has 2 N–H and O–H groups in total. The Morgan fingerprint density at radius 1 is 1.29 bits per heavy atom. The highest BCUT2D eigenvalue weighted by Crippen LogP contribution is 2.14. The summed E-state index contributed by atoms with van der Waals surface area (Å²) >= 11 is 0. The van der Waals surface area contributed by atoms with Crippen LogP contribution in [0.25, 0.3) is 5.69 Å². The first-order chi connectivity index (χ1) is 11.7. The molecule has 1 aliphatic rings. The number of aliphatic hydroxyl groups is 1. The highest BCUT2D eigenvalue weighted by Gasteiger charge is 2.15. The Morgan fingerprint density at radius 3 is 2.83 bits per heavy atom. The summed E-state index contributed by atoms with van der Waals surface area (Å²) < 4.78 is 1.79. The molecule has 24 heavy (non-hydrogen) atoms. The molecule has 0 amide bonds. The number of hydrogen-bond donors (Lipinski definition) is 2. The molecular formula is C18H27N5O. The van der Waals surface area contributed by atoms with E-state index in [-0.39, 0.29) is 6.10 Å². The lowest BCUT2D eigenvalue weighted by Gasteiger charge is -2.29. The Hall–Kier alpha value is -1.76. The maximum Gasteiger partial charge on any atom is 0.138 e.